The number of benzene rings is 11. The molecule has 0 saturated carbocycles. The Balaban J connectivity index is 0.000000203. The lowest BCUT2D eigenvalue weighted by molar-refractivity contribution is 0.278. The van der Waals surface area contributed by atoms with E-state index >= 15 is 0 Å². The van der Waals surface area contributed by atoms with Gasteiger partial charge in [0.25, 0.3) is 0 Å². The Morgan fingerprint density at radius 3 is 0.465 bits per heavy atom. The van der Waals surface area contributed by atoms with Gasteiger partial charge in [0.1, 0.15) is 34.9 Å². The Kier molecular flexibility index (Phi) is 33.3. The Morgan fingerprint density at radius 2 is 0.315 bits per heavy atom. The molecule has 0 unspecified atom stereocenters. The van der Waals surface area contributed by atoms with E-state index in [4.69, 9.17) is 15.1 Å². The normalized spacial score (nSPS) is 10.7. The van der Waals surface area contributed by atoms with Crippen LogP contribution in [0.5, 0.6) is 0 Å². The van der Waals surface area contributed by atoms with Crippen LogP contribution < -0.4 is 0 Å². The van der Waals surface area contributed by atoms with Gasteiger partial charge in [0, 0.05) is 77.6 Å². The van der Waals surface area contributed by atoms with E-state index in [0.717, 1.165) is 82.3 Å². The van der Waals surface area contributed by atoms with Crippen molar-refractivity contribution < 1.29 is 182 Å². The first-order valence-corrected chi connectivity index (χ1v) is 33.7. The molecule has 0 fully saturated rings. The van der Waals surface area contributed by atoms with Crippen LogP contribution >= 0.6 is 0 Å². The third-order valence-corrected chi connectivity index (χ3v) is 16.6. The van der Waals surface area contributed by atoms with Crippen LogP contribution in [0.3, 0.4) is 0 Å². The molecule has 3 aromatic heterocycles. The van der Waals surface area contributed by atoms with Crippen molar-refractivity contribution in [2.24, 2.45) is 0 Å². The van der Waals surface area contributed by atoms with Crippen LogP contribution in [-0.4, -0.2) is 36.1 Å². The molecule has 3 heterocycles. The van der Waals surface area contributed by atoms with Gasteiger partial charge < -0.3 is 28.8 Å². The van der Waals surface area contributed by atoms with E-state index in [1.807, 2.05) is 0 Å². The van der Waals surface area contributed by atoms with E-state index in [2.05, 4.69) is 0 Å². The number of halogens is 38. The van der Waals surface area contributed by atoms with Gasteiger partial charge in [-0.15, -0.1) is 0 Å². The molecule has 0 bridgehead atoms. The van der Waals surface area contributed by atoms with Gasteiger partial charge in [-0.1, -0.05) is 0 Å². The molecule has 670 valence electrons. The first-order chi connectivity index (χ1) is 59.3. The number of hydrogen-bond donors (Lipinski definition) is 3. The van der Waals surface area contributed by atoms with Gasteiger partial charge in [-0.2, -0.15) is 0 Å². The largest absolute Gasteiger partial charge is 0.631 e. The summed E-state index contributed by atoms with van der Waals surface area (Å²) in [5.74, 6) is -72.6. The smallest absolute Gasteiger partial charge is 0.402 e. The molecule has 0 aliphatic heterocycles. The summed E-state index contributed by atoms with van der Waals surface area (Å²) >= 11 is 0. The van der Waals surface area contributed by atoms with Gasteiger partial charge in [0.2, 0.25) is 23.3 Å². The molecule has 45 heteroatoms. The molecule has 0 aliphatic rings. The Labute approximate surface area is 686 Å². The zero-order valence-corrected chi connectivity index (χ0v) is 62.6. The van der Waals surface area contributed by atoms with Crippen LogP contribution in [0.1, 0.15) is 22.3 Å². The molecule has 14 rings (SSSR count). The molecule has 11 aromatic carbocycles. The van der Waals surface area contributed by atoms with Crippen molar-refractivity contribution in [2.45, 2.75) is 27.7 Å². The lowest BCUT2D eigenvalue weighted by Crippen LogP contribution is -2.07. The van der Waals surface area contributed by atoms with E-state index in [-0.39, 0.29) is 17.1 Å². The fraction of sp³-hybridized carbons (Fsp3) is 0.0488. The first-order valence-electron chi connectivity index (χ1n) is 33.7. The van der Waals surface area contributed by atoms with Gasteiger partial charge >= 0.3 is 7.32 Å². The topological polar surface area (TPSA) is 75.5 Å². The maximum atomic E-state index is 13.6. The highest BCUT2D eigenvalue weighted by molar-refractivity contribution is 6.30. The predicted octanol–water partition coefficient (Wildman–Crippen LogP) is 25.3. The third-order valence-electron chi connectivity index (χ3n) is 16.6. The highest BCUT2D eigenvalue weighted by Crippen LogP contribution is 2.41. The third kappa shape index (κ3) is 21.9. The standard InChI is InChI=1S/4C13H4F8.3C10H7F2N.BH3O3/c4*1-3-2-4(7(15)10(18)6(3)14)5-8(16)11(19)13(21)12(20)9(5)17;3*11-8-3-4-9(12)10(7-8)13-5-1-2-6-13;2-1(3)4/h4*2H,1H3;3*1-7H;2-4H. The molecule has 0 atom stereocenters. The summed E-state index contributed by atoms with van der Waals surface area (Å²) in [6.07, 6.45) is 9.99. The SMILES string of the molecule is Cc1cc(-c2c(F)c(F)c(F)c(F)c2F)c(F)c(F)c1F.Cc1cc(-c2c(F)c(F)c(F)c(F)c2F)c(F)c(F)c1F.Cc1cc(-c2c(F)c(F)c(F)c(F)c2F)c(F)c(F)c1F.Cc1cc(-c2c(F)c(F)c(F)c(F)c2F)c(F)c(F)c1F.Fc1ccc(F)c(-n2cccc2)c1.Fc1ccc(F)c(-n2cccc2)c1.Fc1ccc(F)c(-n2cccc2)c1.OB(O)O. The van der Waals surface area contributed by atoms with Crippen molar-refractivity contribution in [2.75, 3.05) is 0 Å². The fourth-order valence-electron chi connectivity index (χ4n) is 10.6. The molecular formula is C82H40BF38N3O3. The van der Waals surface area contributed by atoms with Crippen molar-refractivity contribution in [3.8, 4) is 61.6 Å². The number of nitrogens with zero attached hydrogens (tertiary/aromatic N) is 3. The average Bonchev–Trinajstić information content (AvgIpc) is 0.892. The summed E-state index contributed by atoms with van der Waals surface area (Å²) in [5.41, 5.74) is -13.3. The molecule has 127 heavy (non-hydrogen) atoms. The molecule has 6 nitrogen and oxygen atoms in total. The molecule has 0 saturated heterocycles. The monoisotopic (exact) mass is 1850 g/mol. The predicted molar refractivity (Wildman–Crippen MR) is 375 cm³/mol. The van der Waals surface area contributed by atoms with Crippen molar-refractivity contribution in [3.63, 3.8) is 0 Å². The van der Waals surface area contributed by atoms with E-state index in [0.29, 0.717) is 24.3 Å². The second-order valence-corrected chi connectivity index (χ2v) is 24.9. The summed E-state index contributed by atoms with van der Waals surface area (Å²) in [7, 11) is -2.17. The Bertz CT molecular complexity index is 5600. The van der Waals surface area contributed by atoms with Crippen LogP contribution in [0, 0.1) is 249 Å². The van der Waals surface area contributed by atoms with Crippen LogP contribution in [0.4, 0.5) is 167 Å². The maximum Gasteiger partial charge on any atom is 0.631 e. The summed E-state index contributed by atoms with van der Waals surface area (Å²) in [5, 5.41) is 21.5. The van der Waals surface area contributed by atoms with Gasteiger partial charge in [-0.25, -0.2) is 167 Å². The highest BCUT2D eigenvalue weighted by atomic mass is 19.2. The maximum absolute atomic E-state index is 13.6. The molecule has 0 amide bonds. The lowest BCUT2D eigenvalue weighted by Gasteiger charge is -2.11. The number of hydrogen-bond acceptors (Lipinski definition) is 3. The summed E-state index contributed by atoms with van der Waals surface area (Å²) in [4.78, 5) is 0. The van der Waals surface area contributed by atoms with Gasteiger partial charge in [-0.05, 0) is 147 Å². The van der Waals surface area contributed by atoms with E-state index in [1.54, 1.807) is 73.6 Å². The van der Waals surface area contributed by atoms with Crippen LogP contribution in [0.2, 0.25) is 0 Å². The number of aryl methyl sites for hydroxylation is 4. The fourth-order valence-corrected chi connectivity index (χ4v) is 10.6. The Morgan fingerprint density at radius 1 is 0.181 bits per heavy atom. The summed E-state index contributed by atoms with van der Waals surface area (Å²) in [6, 6.07) is 22.5. The molecule has 3 N–H and O–H groups in total. The van der Waals surface area contributed by atoms with Crippen molar-refractivity contribution >= 4 is 7.32 Å². The van der Waals surface area contributed by atoms with E-state index in [9.17, 15) is 167 Å². The zero-order chi connectivity index (χ0) is 95.6. The Hall–Kier alpha value is -13.5. The van der Waals surface area contributed by atoms with Gasteiger partial charge in [0.05, 0.1) is 39.3 Å². The van der Waals surface area contributed by atoms with Crippen LogP contribution in [0.15, 0.2) is 152 Å². The second kappa shape index (κ2) is 42.0. The van der Waals surface area contributed by atoms with Crippen molar-refractivity contribution in [3.05, 3.63) is 396 Å². The number of rotatable bonds is 7. The van der Waals surface area contributed by atoms with Gasteiger partial charge in [0.15, 0.2) is 163 Å². The second-order valence-electron chi connectivity index (χ2n) is 24.9. The molecule has 0 spiro atoms. The highest BCUT2D eigenvalue weighted by Gasteiger charge is 2.36. The first kappa shape index (κ1) is 101. The summed E-state index contributed by atoms with van der Waals surface area (Å²) < 4.78 is 506. The summed E-state index contributed by atoms with van der Waals surface area (Å²) in [6.45, 7) is 3.75. The molecule has 0 aliphatic carbocycles. The zero-order valence-electron chi connectivity index (χ0n) is 62.6. The van der Waals surface area contributed by atoms with Crippen molar-refractivity contribution in [1.29, 1.82) is 0 Å². The molecular weight excluding hydrogens is 1810 g/mol. The van der Waals surface area contributed by atoms with E-state index < -0.39 is 295 Å². The minimum absolute atomic E-state index is 0.227. The lowest BCUT2D eigenvalue weighted by atomic mass is 10.00. The van der Waals surface area contributed by atoms with Crippen LogP contribution in [-0.2, 0) is 0 Å². The molecule has 0 radical (unpaired) electrons. The van der Waals surface area contributed by atoms with Crippen LogP contribution in [0.25, 0.3) is 61.6 Å². The van der Waals surface area contributed by atoms with Crippen molar-refractivity contribution in [1.82, 2.24) is 13.7 Å². The average molecular weight is 1850 g/mol. The van der Waals surface area contributed by atoms with Gasteiger partial charge in [-0.3, -0.25) is 0 Å². The quantitative estimate of drug-likeness (QED) is 0.0644. The minimum atomic E-state index is -2.44. The number of aromatic nitrogens is 3. The van der Waals surface area contributed by atoms with E-state index in [1.165, 1.54) is 13.7 Å². The minimum Gasteiger partial charge on any atom is -0.402 e. The molecule has 14 aromatic rings.